The van der Waals surface area contributed by atoms with Crippen molar-refractivity contribution in [1.29, 1.82) is 0 Å². The Balaban J connectivity index is 2.26. The van der Waals surface area contributed by atoms with Crippen molar-refractivity contribution in [1.82, 2.24) is 4.72 Å². The molecule has 0 unspecified atom stereocenters. The van der Waals surface area contributed by atoms with Crippen LogP contribution in [0.4, 0.5) is 4.39 Å². The Labute approximate surface area is 139 Å². The summed E-state index contributed by atoms with van der Waals surface area (Å²) in [6, 6.07) is 10.2. The molecule has 2 aromatic rings. The predicted molar refractivity (Wildman–Crippen MR) is 86.2 cm³/mol. The van der Waals surface area contributed by atoms with Gasteiger partial charge in [0, 0.05) is 0 Å². The summed E-state index contributed by atoms with van der Waals surface area (Å²) in [5.74, 6) is -0.115. The maximum Gasteiger partial charge on any atom is 0.322 e. The van der Waals surface area contributed by atoms with E-state index in [9.17, 15) is 22.7 Å². The Kier molecular flexibility index (Phi) is 5.34. The highest BCUT2D eigenvalue weighted by molar-refractivity contribution is 7.89. The second-order valence-electron chi connectivity index (χ2n) is 4.99. The number of rotatable bonds is 6. The molecule has 124 valence electrons. The number of hydrogen-bond acceptors (Lipinski definition) is 3. The summed E-state index contributed by atoms with van der Waals surface area (Å²) in [6.07, 6.45) is 5.04. The van der Waals surface area contributed by atoms with Crippen LogP contribution in [0.5, 0.6) is 0 Å². The second kappa shape index (κ2) is 7.25. The molecule has 2 rings (SSSR count). The molecule has 0 heterocycles. The number of benzene rings is 2. The summed E-state index contributed by atoms with van der Waals surface area (Å²) >= 11 is 0. The SMILES string of the molecule is C#Cc1ccc(S(=O)(=O)N[C@@H](Cc2ccccc2)C(=O)O)cc1F. The van der Waals surface area contributed by atoms with E-state index in [2.05, 4.69) is 10.6 Å². The molecule has 2 aromatic carbocycles. The van der Waals surface area contributed by atoms with Gasteiger partial charge in [-0.25, -0.2) is 12.8 Å². The molecular formula is C17H14FNO4S. The molecular weight excluding hydrogens is 333 g/mol. The molecule has 0 radical (unpaired) electrons. The number of carboxylic acid groups (broad SMARTS) is 1. The van der Waals surface area contributed by atoms with Gasteiger partial charge in [0.15, 0.2) is 0 Å². The number of carboxylic acids is 1. The van der Waals surface area contributed by atoms with Gasteiger partial charge < -0.3 is 5.11 Å². The van der Waals surface area contributed by atoms with E-state index >= 15 is 0 Å². The lowest BCUT2D eigenvalue weighted by atomic mass is 10.1. The molecule has 1 atom stereocenters. The van der Waals surface area contributed by atoms with Crippen molar-refractivity contribution in [3.8, 4) is 12.3 Å². The smallest absolute Gasteiger partial charge is 0.322 e. The zero-order valence-electron chi connectivity index (χ0n) is 12.4. The van der Waals surface area contributed by atoms with Gasteiger partial charge in [-0.15, -0.1) is 6.42 Å². The van der Waals surface area contributed by atoms with Gasteiger partial charge in [0.1, 0.15) is 11.9 Å². The minimum atomic E-state index is -4.21. The lowest BCUT2D eigenvalue weighted by Crippen LogP contribution is -2.42. The van der Waals surface area contributed by atoms with E-state index in [-0.39, 0.29) is 12.0 Å². The highest BCUT2D eigenvalue weighted by Gasteiger charge is 2.26. The Bertz CT molecular complexity index is 889. The number of carbonyl (C=O) groups is 1. The Morgan fingerprint density at radius 1 is 1.25 bits per heavy atom. The van der Waals surface area contributed by atoms with E-state index in [1.54, 1.807) is 30.3 Å². The molecule has 0 saturated heterocycles. The third-order valence-corrected chi connectivity index (χ3v) is 4.75. The molecule has 0 aliphatic heterocycles. The fraction of sp³-hybridized carbons (Fsp3) is 0.118. The number of sulfonamides is 1. The first kappa shape index (κ1) is 17.7. The van der Waals surface area contributed by atoms with Crippen molar-refractivity contribution in [3.05, 3.63) is 65.5 Å². The van der Waals surface area contributed by atoms with E-state index in [1.165, 1.54) is 0 Å². The molecule has 0 aliphatic carbocycles. The monoisotopic (exact) mass is 347 g/mol. The van der Waals surface area contributed by atoms with Crippen LogP contribution >= 0.6 is 0 Å². The molecule has 0 saturated carbocycles. The first-order valence-electron chi connectivity index (χ1n) is 6.88. The van der Waals surface area contributed by atoms with E-state index in [4.69, 9.17) is 6.42 Å². The molecule has 0 aromatic heterocycles. The van der Waals surface area contributed by atoms with Gasteiger partial charge in [-0.2, -0.15) is 4.72 Å². The van der Waals surface area contributed by atoms with Crippen LogP contribution in [0, 0.1) is 18.2 Å². The average Bonchev–Trinajstić information content (AvgIpc) is 2.55. The highest BCUT2D eigenvalue weighted by Crippen LogP contribution is 2.15. The van der Waals surface area contributed by atoms with Gasteiger partial charge >= 0.3 is 5.97 Å². The minimum Gasteiger partial charge on any atom is -0.480 e. The van der Waals surface area contributed by atoms with Crippen molar-refractivity contribution in [2.24, 2.45) is 0 Å². The van der Waals surface area contributed by atoms with Gasteiger partial charge in [-0.05, 0) is 30.2 Å². The van der Waals surface area contributed by atoms with E-state index < -0.39 is 32.7 Å². The maximum absolute atomic E-state index is 13.7. The third kappa shape index (κ3) is 4.19. The molecule has 0 aliphatic rings. The molecule has 2 N–H and O–H groups in total. The van der Waals surface area contributed by atoms with Gasteiger partial charge in [0.25, 0.3) is 0 Å². The van der Waals surface area contributed by atoms with Crippen LogP contribution in [0.1, 0.15) is 11.1 Å². The average molecular weight is 347 g/mol. The zero-order chi connectivity index (χ0) is 17.7. The Hall–Kier alpha value is -2.69. The van der Waals surface area contributed by atoms with E-state index in [0.717, 1.165) is 18.2 Å². The quantitative estimate of drug-likeness (QED) is 0.780. The second-order valence-corrected chi connectivity index (χ2v) is 6.70. The number of terminal acetylenes is 1. The fourth-order valence-corrected chi connectivity index (χ4v) is 3.27. The molecule has 5 nitrogen and oxygen atoms in total. The normalized spacial score (nSPS) is 12.3. The number of halogens is 1. The molecule has 7 heteroatoms. The lowest BCUT2D eigenvalue weighted by Gasteiger charge is -2.15. The van der Waals surface area contributed by atoms with Crippen molar-refractivity contribution in [2.75, 3.05) is 0 Å². The third-order valence-electron chi connectivity index (χ3n) is 3.28. The number of hydrogen-bond donors (Lipinski definition) is 2. The summed E-state index contributed by atoms with van der Waals surface area (Å²) in [4.78, 5) is 11.0. The van der Waals surface area contributed by atoms with Gasteiger partial charge in [-0.1, -0.05) is 36.3 Å². The van der Waals surface area contributed by atoms with Gasteiger partial charge in [-0.3, -0.25) is 4.79 Å². The van der Waals surface area contributed by atoms with Crippen molar-refractivity contribution in [3.63, 3.8) is 0 Å². The Morgan fingerprint density at radius 3 is 2.46 bits per heavy atom. The van der Waals surface area contributed by atoms with Crippen molar-refractivity contribution >= 4 is 16.0 Å². The van der Waals surface area contributed by atoms with Crippen LogP contribution in [-0.2, 0) is 21.2 Å². The molecule has 0 fully saturated rings. The Morgan fingerprint density at radius 2 is 1.92 bits per heavy atom. The van der Waals surface area contributed by atoms with E-state index in [0.29, 0.717) is 5.56 Å². The van der Waals surface area contributed by atoms with Crippen LogP contribution in [0.3, 0.4) is 0 Å². The highest BCUT2D eigenvalue weighted by atomic mass is 32.2. The summed E-state index contributed by atoms with van der Waals surface area (Å²) < 4.78 is 40.3. The van der Waals surface area contributed by atoms with Crippen LogP contribution in [0.2, 0.25) is 0 Å². The maximum atomic E-state index is 13.7. The van der Waals surface area contributed by atoms with Crippen LogP contribution in [0.25, 0.3) is 0 Å². The summed E-state index contributed by atoms with van der Waals surface area (Å²) in [5.41, 5.74) is 0.578. The molecule has 0 amide bonds. The van der Waals surface area contributed by atoms with Crippen LogP contribution < -0.4 is 4.72 Å². The first-order chi connectivity index (χ1) is 11.3. The molecule has 0 bridgehead atoms. The van der Waals surface area contributed by atoms with E-state index in [1.807, 2.05) is 0 Å². The predicted octanol–water partition coefficient (Wildman–Crippen LogP) is 1.78. The summed E-state index contributed by atoms with van der Waals surface area (Å²) in [5, 5.41) is 9.25. The summed E-state index contributed by atoms with van der Waals surface area (Å²) in [6.45, 7) is 0. The van der Waals surface area contributed by atoms with Gasteiger partial charge in [0.2, 0.25) is 10.0 Å². The van der Waals surface area contributed by atoms with Crippen molar-refractivity contribution < 1.29 is 22.7 Å². The largest absolute Gasteiger partial charge is 0.480 e. The fourth-order valence-electron chi connectivity index (χ4n) is 2.06. The van der Waals surface area contributed by atoms with Crippen LogP contribution in [0.15, 0.2) is 53.4 Å². The standard InChI is InChI=1S/C17H14FNO4S/c1-2-13-8-9-14(11-15(13)18)24(22,23)19-16(17(20)21)10-12-6-4-3-5-7-12/h1,3-9,11,16,19H,10H2,(H,20,21)/t16-/m0/s1. The number of nitrogens with one attached hydrogen (secondary N) is 1. The molecule has 24 heavy (non-hydrogen) atoms. The first-order valence-corrected chi connectivity index (χ1v) is 8.37. The molecule has 0 spiro atoms. The lowest BCUT2D eigenvalue weighted by molar-refractivity contribution is -0.138. The van der Waals surface area contributed by atoms with Crippen LogP contribution in [-0.4, -0.2) is 25.5 Å². The number of aliphatic carboxylic acids is 1. The topological polar surface area (TPSA) is 83.5 Å². The van der Waals surface area contributed by atoms with Crippen molar-refractivity contribution in [2.45, 2.75) is 17.4 Å². The summed E-state index contributed by atoms with van der Waals surface area (Å²) in [7, 11) is -4.21. The van der Waals surface area contributed by atoms with Gasteiger partial charge in [0.05, 0.1) is 10.5 Å². The minimum absolute atomic E-state index is 0.0413. The zero-order valence-corrected chi connectivity index (χ0v) is 13.3.